The second kappa shape index (κ2) is 10.5. The lowest BCUT2D eigenvalue weighted by Crippen LogP contribution is -2.32. The third-order valence-corrected chi connectivity index (χ3v) is 6.36. The van der Waals surface area contributed by atoms with Gasteiger partial charge < -0.3 is 24.4 Å². The van der Waals surface area contributed by atoms with E-state index in [1.54, 1.807) is 11.0 Å². The Morgan fingerprint density at radius 2 is 2.00 bits per heavy atom. The van der Waals surface area contributed by atoms with Gasteiger partial charge in [0.05, 0.1) is 18.2 Å². The van der Waals surface area contributed by atoms with Crippen LogP contribution in [0.5, 0.6) is 11.5 Å². The molecule has 1 amide bonds. The standard InChI is InChI=1S/C28H34N2O5/c1-5-14-34-22-9-6-8-19(17-22)25-24(27(32)28(33)30(25)13-7-12-29(3)4)26(31)20-10-11-23-21(16-20)15-18(2)35-23/h6,8-11,16-18,25,31H,5,7,12-15H2,1-4H3/b26-24-. The van der Waals surface area contributed by atoms with Crippen molar-refractivity contribution in [3.05, 3.63) is 64.7 Å². The molecule has 0 spiro atoms. The highest BCUT2D eigenvalue weighted by molar-refractivity contribution is 6.46. The number of nitrogens with zero attached hydrogens (tertiary/aromatic N) is 2. The molecule has 7 nitrogen and oxygen atoms in total. The van der Waals surface area contributed by atoms with Crippen LogP contribution in [0.1, 0.15) is 49.4 Å². The minimum atomic E-state index is -0.689. The molecule has 0 radical (unpaired) electrons. The molecule has 1 N–H and O–H groups in total. The molecule has 0 bridgehead atoms. The van der Waals surface area contributed by atoms with Crippen LogP contribution in [-0.4, -0.2) is 66.5 Å². The van der Waals surface area contributed by atoms with Crippen molar-refractivity contribution in [2.45, 2.75) is 45.3 Å². The van der Waals surface area contributed by atoms with E-state index in [1.807, 2.05) is 69.2 Å². The average molecular weight is 479 g/mol. The summed E-state index contributed by atoms with van der Waals surface area (Å²) in [6.45, 7) is 5.78. The minimum absolute atomic E-state index is 0.0653. The zero-order valence-electron chi connectivity index (χ0n) is 20.9. The van der Waals surface area contributed by atoms with Gasteiger partial charge >= 0.3 is 0 Å². The van der Waals surface area contributed by atoms with Gasteiger partial charge in [-0.3, -0.25) is 9.59 Å². The van der Waals surface area contributed by atoms with Crippen molar-refractivity contribution in [2.75, 3.05) is 33.8 Å². The summed E-state index contributed by atoms with van der Waals surface area (Å²) in [5.41, 5.74) is 2.34. The predicted molar refractivity (Wildman–Crippen MR) is 135 cm³/mol. The molecule has 186 valence electrons. The minimum Gasteiger partial charge on any atom is -0.507 e. The van der Waals surface area contributed by atoms with Crippen molar-refractivity contribution in [1.29, 1.82) is 0 Å². The largest absolute Gasteiger partial charge is 0.507 e. The van der Waals surface area contributed by atoms with E-state index in [4.69, 9.17) is 9.47 Å². The Hall–Kier alpha value is -3.32. The van der Waals surface area contributed by atoms with E-state index in [0.29, 0.717) is 30.9 Å². The van der Waals surface area contributed by atoms with Crippen LogP contribution in [0.15, 0.2) is 48.0 Å². The Labute approximate surface area is 206 Å². The summed E-state index contributed by atoms with van der Waals surface area (Å²) in [7, 11) is 3.94. The highest BCUT2D eigenvalue weighted by atomic mass is 16.5. The monoisotopic (exact) mass is 478 g/mol. The molecule has 35 heavy (non-hydrogen) atoms. The zero-order chi connectivity index (χ0) is 25.1. The molecule has 1 saturated heterocycles. The van der Waals surface area contributed by atoms with E-state index >= 15 is 0 Å². The van der Waals surface area contributed by atoms with Gasteiger partial charge in [0.1, 0.15) is 23.4 Å². The summed E-state index contributed by atoms with van der Waals surface area (Å²) in [4.78, 5) is 30.1. The maximum absolute atomic E-state index is 13.3. The van der Waals surface area contributed by atoms with Crippen molar-refractivity contribution in [3.63, 3.8) is 0 Å². The van der Waals surface area contributed by atoms with Gasteiger partial charge in [-0.1, -0.05) is 19.1 Å². The van der Waals surface area contributed by atoms with E-state index in [0.717, 1.165) is 36.3 Å². The Morgan fingerprint density at radius 3 is 2.74 bits per heavy atom. The van der Waals surface area contributed by atoms with Crippen LogP contribution in [0.4, 0.5) is 0 Å². The van der Waals surface area contributed by atoms with Gasteiger partial charge in [-0.15, -0.1) is 0 Å². The number of amides is 1. The fraction of sp³-hybridized carbons (Fsp3) is 0.429. The highest BCUT2D eigenvalue weighted by Gasteiger charge is 2.46. The van der Waals surface area contributed by atoms with Gasteiger partial charge in [0.2, 0.25) is 0 Å². The molecule has 2 aromatic carbocycles. The molecule has 4 rings (SSSR count). The molecular formula is C28H34N2O5. The van der Waals surface area contributed by atoms with Gasteiger partial charge in [0.25, 0.3) is 11.7 Å². The van der Waals surface area contributed by atoms with Crippen molar-refractivity contribution >= 4 is 17.4 Å². The first-order valence-corrected chi connectivity index (χ1v) is 12.3. The first-order valence-electron chi connectivity index (χ1n) is 12.3. The molecule has 2 unspecified atom stereocenters. The molecule has 0 saturated carbocycles. The van der Waals surface area contributed by atoms with Gasteiger partial charge in [-0.2, -0.15) is 0 Å². The molecular weight excluding hydrogens is 444 g/mol. The number of Topliss-reactive ketones (excluding diaryl/α,β-unsaturated/α-hetero) is 1. The number of ketones is 1. The number of fused-ring (bicyclic) bond motifs is 1. The van der Waals surface area contributed by atoms with E-state index in [-0.39, 0.29) is 17.4 Å². The second-order valence-electron chi connectivity index (χ2n) is 9.53. The second-order valence-corrected chi connectivity index (χ2v) is 9.53. The molecule has 0 aromatic heterocycles. The van der Waals surface area contributed by atoms with Crippen molar-refractivity contribution in [2.24, 2.45) is 0 Å². The number of carbonyl (C=O) groups excluding carboxylic acids is 2. The summed E-state index contributed by atoms with van der Waals surface area (Å²) < 4.78 is 11.6. The number of rotatable bonds is 9. The van der Waals surface area contributed by atoms with E-state index in [9.17, 15) is 14.7 Å². The zero-order valence-corrected chi connectivity index (χ0v) is 20.9. The van der Waals surface area contributed by atoms with Crippen LogP contribution >= 0.6 is 0 Å². The Balaban J connectivity index is 1.77. The molecule has 2 aliphatic heterocycles. The van der Waals surface area contributed by atoms with Gasteiger partial charge in [-0.25, -0.2) is 0 Å². The lowest BCUT2D eigenvalue weighted by molar-refractivity contribution is -0.139. The topological polar surface area (TPSA) is 79.3 Å². The van der Waals surface area contributed by atoms with Gasteiger partial charge in [0.15, 0.2) is 0 Å². The van der Waals surface area contributed by atoms with Crippen molar-refractivity contribution in [3.8, 4) is 11.5 Å². The van der Waals surface area contributed by atoms with Crippen LogP contribution < -0.4 is 9.47 Å². The first kappa shape index (κ1) is 24.8. The van der Waals surface area contributed by atoms with Crippen molar-refractivity contribution < 1.29 is 24.2 Å². The average Bonchev–Trinajstić information content (AvgIpc) is 3.33. The van der Waals surface area contributed by atoms with Gasteiger partial charge in [-0.05, 0) is 81.9 Å². The molecule has 2 heterocycles. The van der Waals surface area contributed by atoms with Crippen LogP contribution in [0.2, 0.25) is 0 Å². The van der Waals surface area contributed by atoms with Crippen LogP contribution in [0.25, 0.3) is 5.76 Å². The fourth-order valence-electron chi connectivity index (χ4n) is 4.73. The van der Waals surface area contributed by atoms with Gasteiger partial charge in [0, 0.05) is 18.5 Å². The van der Waals surface area contributed by atoms with E-state index in [1.165, 1.54) is 0 Å². The molecule has 2 aromatic rings. The summed E-state index contributed by atoms with van der Waals surface area (Å²) in [5, 5.41) is 11.4. The number of carbonyl (C=O) groups is 2. The van der Waals surface area contributed by atoms with Crippen LogP contribution in [0.3, 0.4) is 0 Å². The molecule has 2 aliphatic rings. The molecule has 2 atom stereocenters. The lowest BCUT2D eigenvalue weighted by atomic mass is 9.94. The predicted octanol–water partition coefficient (Wildman–Crippen LogP) is 4.17. The highest BCUT2D eigenvalue weighted by Crippen LogP contribution is 2.41. The molecule has 0 aliphatic carbocycles. The number of aliphatic hydroxyl groups excluding tert-OH is 1. The smallest absolute Gasteiger partial charge is 0.295 e. The summed E-state index contributed by atoms with van der Waals surface area (Å²) in [6.07, 6.45) is 2.37. The van der Waals surface area contributed by atoms with Crippen LogP contribution in [0, 0.1) is 0 Å². The summed E-state index contributed by atoms with van der Waals surface area (Å²) >= 11 is 0. The quantitative estimate of drug-likeness (QED) is 0.331. The normalized spacial score (nSPS) is 20.9. The van der Waals surface area contributed by atoms with Crippen LogP contribution in [-0.2, 0) is 16.0 Å². The number of ether oxygens (including phenoxy) is 2. The number of aliphatic hydroxyl groups is 1. The number of hydrogen-bond donors (Lipinski definition) is 1. The molecule has 1 fully saturated rings. The third kappa shape index (κ3) is 5.20. The lowest BCUT2D eigenvalue weighted by Gasteiger charge is -2.26. The number of benzene rings is 2. The summed E-state index contributed by atoms with van der Waals surface area (Å²) in [6, 6.07) is 12.2. The SMILES string of the molecule is CCCOc1cccc(C2/C(=C(/O)c3ccc4c(c3)CC(C)O4)C(=O)C(=O)N2CCCN(C)C)c1. The number of likely N-dealkylation sites (tertiary alicyclic amines) is 1. The molecule has 7 heteroatoms. The maximum Gasteiger partial charge on any atom is 0.295 e. The Bertz CT molecular complexity index is 1140. The van der Waals surface area contributed by atoms with E-state index in [2.05, 4.69) is 0 Å². The number of hydrogen-bond acceptors (Lipinski definition) is 6. The Morgan fingerprint density at radius 1 is 1.20 bits per heavy atom. The summed E-state index contributed by atoms with van der Waals surface area (Å²) in [5.74, 6) is 0.0451. The maximum atomic E-state index is 13.3. The third-order valence-electron chi connectivity index (χ3n) is 6.36. The Kier molecular flexibility index (Phi) is 7.45. The van der Waals surface area contributed by atoms with Crippen molar-refractivity contribution in [1.82, 2.24) is 9.80 Å². The fourth-order valence-corrected chi connectivity index (χ4v) is 4.73. The van der Waals surface area contributed by atoms with E-state index < -0.39 is 17.7 Å². The first-order chi connectivity index (χ1) is 16.8.